The minimum atomic E-state index is -0.775. The number of hydrogen-bond donors (Lipinski definition) is 1. The normalized spacial score (nSPS) is 11.6. The number of imidazole rings is 1. The molecule has 0 saturated heterocycles. The van der Waals surface area contributed by atoms with Crippen molar-refractivity contribution in [3.8, 4) is 0 Å². The monoisotopic (exact) mass is 409 g/mol. The number of rotatable bonds is 6. The van der Waals surface area contributed by atoms with Crippen molar-refractivity contribution in [2.24, 2.45) is 0 Å². The topological polar surface area (TPSA) is 119 Å². The Morgan fingerprint density at radius 3 is 2.47 bits per heavy atom. The molecule has 154 valence electrons. The lowest BCUT2D eigenvalue weighted by atomic mass is 10.2. The fourth-order valence-electron chi connectivity index (χ4n) is 2.98. The Hall–Kier alpha value is -4.21. The van der Waals surface area contributed by atoms with E-state index in [-0.39, 0.29) is 22.7 Å². The van der Waals surface area contributed by atoms with E-state index in [4.69, 9.17) is 4.74 Å². The van der Waals surface area contributed by atoms with Gasteiger partial charge in [0.25, 0.3) is 5.91 Å². The second-order valence-electron chi connectivity index (χ2n) is 6.42. The maximum atomic E-state index is 12.7. The predicted molar refractivity (Wildman–Crippen MR) is 108 cm³/mol. The van der Waals surface area contributed by atoms with Crippen molar-refractivity contribution in [1.82, 2.24) is 19.6 Å². The predicted octanol–water partition coefficient (Wildman–Crippen LogP) is 2.08. The molecule has 1 aromatic carbocycles. The summed E-state index contributed by atoms with van der Waals surface area (Å²) in [6, 6.07) is 11.2. The van der Waals surface area contributed by atoms with Crippen molar-refractivity contribution in [2.75, 3.05) is 21.2 Å². The molecule has 0 aliphatic carbocycles. The van der Waals surface area contributed by atoms with E-state index in [1.807, 2.05) is 0 Å². The van der Waals surface area contributed by atoms with Crippen LogP contribution in [0.3, 0.4) is 0 Å². The molecule has 1 amide bonds. The van der Waals surface area contributed by atoms with E-state index in [2.05, 4.69) is 10.3 Å². The highest BCUT2D eigenvalue weighted by atomic mass is 16.6. The molecule has 0 aliphatic heterocycles. The highest BCUT2D eigenvalue weighted by molar-refractivity contribution is 6.05. The smallest absolute Gasteiger partial charge is 0.356 e. The van der Waals surface area contributed by atoms with Gasteiger partial charge in [-0.15, -0.1) is 0 Å². The van der Waals surface area contributed by atoms with Crippen LogP contribution in [0.15, 0.2) is 60.6 Å². The van der Waals surface area contributed by atoms with Gasteiger partial charge in [-0.2, -0.15) is 0 Å². The molecule has 2 aromatic heterocycles. The van der Waals surface area contributed by atoms with E-state index in [1.54, 1.807) is 55.5 Å². The van der Waals surface area contributed by atoms with Crippen molar-refractivity contribution in [2.45, 2.75) is 0 Å². The number of hydrogen-bond acceptors (Lipinski definition) is 7. The zero-order valence-electron chi connectivity index (χ0n) is 16.5. The highest BCUT2D eigenvalue weighted by Crippen LogP contribution is 2.26. The summed E-state index contributed by atoms with van der Waals surface area (Å²) in [5.41, 5.74) is 0.798. The summed E-state index contributed by atoms with van der Waals surface area (Å²) >= 11 is 0. The average Bonchev–Trinajstić information content (AvgIpc) is 3.16. The van der Waals surface area contributed by atoms with Crippen LogP contribution in [0.5, 0.6) is 0 Å². The lowest BCUT2D eigenvalue weighted by molar-refractivity contribution is -0.383. The van der Waals surface area contributed by atoms with Gasteiger partial charge in [-0.05, 0) is 18.2 Å². The van der Waals surface area contributed by atoms with Crippen LogP contribution in [0.2, 0.25) is 0 Å². The molecule has 0 spiro atoms. The standard InChI is InChI=1S/C20H19N5O5/c1-23(2)17(15-12-21-18-14(25(28)29)10-7-11-24(15)18)16(20(27)30-3)22-19(26)13-8-5-4-6-9-13/h4-12H,1-3H3,(H,22,26)/b17-16-. The molecule has 0 radical (unpaired) electrons. The molecule has 10 heteroatoms. The largest absolute Gasteiger partial charge is 0.464 e. The maximum Gasteiger partial charge on any atom is 0.356 e. The van der Waals surface area contributed by atoms with Gasteiger partial charge in [0, 0.05) is 31.9 Å². The Labute approximate surface area is 171 Å². The van der Waals surface area contributed by atoms with Gasteiger partial charge in [-0.25, -0.2) is 9.78 Å². The molecular weight excluding hydrogens is 390 g/mol. The zero-order valence-corrected chi connectivity index (χ0v) is 16.5. The molecule has 2 heterocycles. The number of benzene rings is 1. The molecule has 1 N–H and O–H groups in total. The third kappa shape index (κ3) is 3.83. The summed E-state index contributed by atoms with van der Waals surface area (Å²) in [6.07, 6.45) is 2.98. The van der Waals surface area contributed by atoms with Gasteiger partial charge in [-0.3, -0.25) is 19.3 Å². The van der Waals surface area contributed by atoms with Crippen LogP contribution in [0.4, 0.5) is 5.69 Å². The quantitative estimate of drug-likeness (QED) is 0.286. The maximum absolute atomic E-state index is 12.7. The van der Waals surface area contributed by atoms with Crippen molar-refractivity contribution in [3.05, 3.63) is 81.9 Å². The van der Waals surface area contributed by atoms with Crippen LogP contribution in [-0.2, 0) is 9.53 Å². The number of fused-ring (bicyclic) bond motifs is 1. The van der Waals surface area contributed by atoms with Crippen molar-refractivity contribution in [3.63, 3.8) is 0 Å². The number of nitrogens with zero attached hydrogens (tertiary/aromatic N) is 4. The van der Waals surface area contributed by atoms with Gasteiger partial charge in [0.2, 0.25) is 5.65 Å². The summed E-state index contributed by atoms with van der Waals surface area (Å²) in [7, 11) is 4.54. The van der Waals surface area contributed by atoms with Crippen LogP contribution in [0.1, 0.15) is 16.1 Å². The van der Waals surface area contributed by atoms with Crippen LogP contribution in [0.25, 0.3) is 11.3 Å². The number of carbonyl (C=O) groups is 2. The minimum absolute atomic E-state index is 0.107. The Morgan fingerprint density at radius 2 is 1.87 bits per heavy atom. The van der Waals surface area contributed by atoms with E-state index < -0.39 is 16.8 Å². The van der Waals surface area contributed by atoms with Gasteiger partial charge >= 0.3 is 11.7 Å². The zero-order chi connectivity index (χ0) is 21.8. The number of amides is 1. The third-order valence-electron chi connectivity index (χ3n) is 4.30. The molecule has 10 nitrogen and oxygen atoms in total. The second-order valence-corrected chi connectivity index (χ2v) is 6.42. The fraction of sp³-hybridized carbons (Fsp3) is 0.150. The number of aromatic nitrogens is 2. The summed E-state index contributed by atoms with van der Waals surface area (Å²) in [5, 5.41) is 13.9. The first-order valence-electron chi connectivity index (χ1n) is 8.82. The molecule has 0 atom stereocenters. The molecule has 0 unspecified atom stereocenters. The first-order chi connectivity index (χ1) is 14.3. The number of pyridine rings is 1. The summed E-state index contributed by atoms with van der Waals surface area (Å²) < 4.78 is 6.35. The van der Waals surface area contributed by atoms with Crippen molar-refractivity contribution >= 4 is 28.9 Å². The third-order valence-corrected chi connectivity index (χ3v) is 4.30. The number of methoxy groups -OCH3 is 1. The highest BCUT2D eigenvalue weighted by Gasteiger charge is 2.26. The first-order valence-corrected chi connectivity index (χ1v) is 8.82. The Kier molecular flexibility index (Phi) is 5.77. The van der Waals surface area contributed by atoms with Gasteiger partial charge in [-0.1, -0.05) is 18.2 Å². The molecule has 0 fully saturated rings. The number of carbonyl (C=O) groups excluding carboxylic acids is 2. The number of nitro groups is 1. The lowest BCUT2D eigenvalue weighted by Crippen LogP contribution is -2.32. The van der Waals surface area contributed by atoms with Crippen LogP contribution in [0, 0.1) is 10.1 Å². The van der Waals surface area contributed by atoms with Gasteiger partial charge in [0.1, 0.15) is 0 Å². The molecule has 0 saturated carbocycles. The molecule has 30 heavy (non-hydrogen) atoms. The minimum Gasteiger partial charge on any atom is -0.464 e. The van der Waals surface area contributed by atoms with E-state index in [1.165, 1.54) is 29.8 Å². The average molecular weight is 409 g/mol. The van der Waals surface area contributed by atoms with Crippen molar-refractivity contribution < 1.29 is 19.2 Å². The van der Waals surface area contributed by atoms with E-state index in [0.717, 1.165) is 0 Å². The van der Waals surface area contributed by atoms with E-state index >= 15 is 0 Å². The van der Waals surface area contributed by atoms with Crippen molar-refractivity contribution in [1.29, 1.82) is 0 Å². The summed E-state index contributed by atoms with van der Waals surface area (Å²) in [5.74, 6) is -1.28. The lowest BCUT2D eigenvalue weighted by Gasteiger charge is -2.21. The number of ether oxygens (including phenoxy) is 1. The summed E-state index contributed by atoms with van der Waals surface area (Å²) in [4.78, 5) is 41.8. The fourth-order valence-corrected chi connectivity index (χ4v) is 2.98. The number of esters is 1. The molecule has 0 bridgehead atoms. The molecule has 3 rings (SSSR count). The van der Waals surface area contributed by atoms with Crippen LogP contribution in [-0.4, -0.2) is 52.3 Å². The second kappa shape index (κ2) is 8.43. The summed E-state index contributed by atoms with van der Waals surface area (Å²) in [6.45, 7) is 0. The Balaban J connectivity index is 2.20. The van der Waals surface area contributed by atoms with E-state index in [0.29, 0.717) is 11.3 Å². The van der Waals surface area contributed by atoms with Gasteiger partial charge in [0.15, 0.2) is 5.70 Å². The Bertz CT molecular complexity index is 1150. The molecule has 0 aliphatic rings. The van der Waals surface area contributed by atoms with Gasteiger partial charge in [0.05, 0.1) is 29.6 Å². The molecular formula is C20H19N5O5. The van der Waals surface area contributed by atoms with E-state index in [9.17, 15) is 19.7 Å². The Morgan fingerprint density at radius 1 is 1.17 bits per heavy atom. The number of nitrogens with one attached hydrogen (secondary N) is 1. The van der Waals surface area contributed by atoms with Gasteiger partial charge < -0.3 is 15.0 Å². The first kappa shape index (κ1) is 20.5. The SMILES string of the molecule is COC(=O)/C(NC(=O)c1ccccc1)=C(\c1cnc2c([N+](=O)[O-])cccn12)N(C)C. The van der Waals surface area contributed by atoms with Crippen LogP contribution >= 0.6 is 0 Å². The molecule has 3 aromatic rings. The van der Waals surface area contributed by atoms with Crippen LogP contribution < -0.4 is 5.32 Å².